The molecule has 0 N–H and O–H groups in total. The summed E-state index contributed by atoms with van der Waals surface area (Å²) in [7, 11) is 0. The fourth-order valence-corrected chi connectivity index (χ4v) is 0. The van der Waals surface area contributed by atoms with E-state index in [-0.39, 0.29) is 33.8 Å². The van der Waals surface area contributed by atoms with Crippen LogP contribution in [0.4, 0.5) is 0 Å². The molecule has 3 heteroatoms. The van der Waals surface area contributed by atoms with Crippen molar-refractivity contribution in [2.24, 2.45) is 0 Å². The monoisotopic (exact) mass is 246 g/mol. The van der Waals surface area contributed by atoms with Gasteiger partial charge in [0.2, 0.25) is 0 Å². The zero-order valence-electron chi connectivity index (χ0n) is 2.02. The Morgan fingerprint density at radius 1 is 1.25 bits per heavy atom. The van der Waals surface area contributed by atoms with Crippen LogP contribution < -0.4 is 0 Å². The van der Waals surface area contributed by atoms with Gasteiger partial charge in [0, 0.05) is 27.7 Å². The van der Waals surface area contributed by atoms with E-state index in [1.807, 2.05) is 0 Å². The predicted molar refractivity (Wildman–Crippen MR) is 5.01 cm³/mol. The minimum atomic E-state index is 0. The van der Waals surface area contributed by atoms with Crippen LogP contribution in [0.5, 0.6) is 0 Å². The molecule has 4 heavy (non-hydrogen) atoms. The van der Waals surface area contributed by atoms with E-state index in [1.54, 1.807) is 0 Å². The second kappa shape index (κ2) is 10.3. The van der Waals surface area contributed by atoms with Crippen molar-refractivity contribution in [3.63, 3.8) is 0 Å². The number of carbonyl (C=O) groups excluding carboxylic acids is 2. The number of hydrogen-bond acceptors (Lipinski definition) is 2. The Hall–Kier alpha value is 0.315. The Labute approximate surface area is 43.7 Å². The van der Waals surface area contributed by atoms with Gasteiger partial charge in [-0.2, -0.15) is 9.59 Å². The summed E-state index contributed by atoms with van der Waals surface area (Å²) in [6.45, 7) is 0. The van der Waals surface area contributed by atoms with Crippen molar-refractivity contribution in [1.82, 2.24) is 0 Å². The Balaban J connectivity index is 0. The summed E-state index contributed by atoms with van der Waals surface area (Å²) in [5.74, 6) is 0. The molecule has 0 aliphatic rings. The quantitative estimate of drug-likeness (QED) is 0.534. The third-order valence-corrected chi connectivity index (χ3v) is 0. The Morgan fingerprint density at radius 2 is 1.25 bits per heavy atom. The van der Waals surface area contributed by atoms with Gasteiger partial charge in [0.15, 0.2) is 0 Å². The molecular formula is CHgO2. The van der Waals surface area contributed by atoms with Crippen molar-refractivity contribution in [3.05, 3.63) is 0 Å². The molecule has 0 radical (unpaired) electrons. The molecule has 0 aliphatic heterocycles. The average Bonchev–Trinajstić information content (AvgIpc) is 0.918. The van der Waals surface area contributed by atoms with Gasteiger partial charge >= 0.3 is 6.15 Å². The van der Waals surface area contributed by atoms with Crippen LogP contribution >= 0.6 is 0 Å². The summed E-state index contributed by atoms with van der Waals surface area (Å²) in [6, 6.07) is 0. The van der Waals surface area contributed by atoms with Gasteiger partial charge in [-0.25, -0.2) is 0 Å². The van der Waals surface area contributed by atoms with Gasteiger partial charge in [0.1, 0.15) is 0 Å². The normalized spacial score (nSPS) is 2.00. The number of hydrogen-bond donors (Lipinski definition) is 0. The summed E-state index contributed by atoms with van der Waals surface area (Å²) in [6.07, 6.45) is 0.250. The smallest absolute Gasteiger partial charge is 0.186 e. The largest absolute Gasteiger partial charge is 0.373 e. The minimum Gasteiger partial charge on any atom is -0.186 e. The van der Waals surface area contributed by atoms with Crippen molar-refractivity contribution in [2.75, 3.05) is 0 Å². The van der Waals surface area contributed by atoms with Gasteiger partial charge in [-0.15, -0.1) is 0 Å². The number of rotatable bonds is 0. The molecular weight excluding hydrogens is 245 g/mol. The van der Waals surface area contributed by atoms with E-state index in [4.69, 9.17) is 9.59 Å². The van der Waals surface area contributed by atoms with E-state index in [9.17, 15) is 0 Å². The second-order valence-corrected chi connectivity index (χ2v) is 0.0833. The molecule has 0 unspecified atom stereocenters. The average molecular weight is 245 g/mol. The summed E-state index contributed by atoms with van der Waals surface area (Å²) in [5.41, 5.74) is 0. The molecule has 0 rings (SSSR count). The molecule has 0 atom stereocenters. The van der Waals surface area contributed by atoms with Gasteiger partial charge < -0.3 is 0 Å². The molecule has 0 heterocycles. The predicted octanol–water partition coefficient (Wildman–Crippen LogP) is -0.586. The van der Waals surface area contributed by atoms with Crippen molar-refractivity contribution in [3.8, 4) is 0 Å². The maximum atomic E-state index is 8.12. The Morgan fingerprint density at radius 3 is 1.25 bits per heavy atom. The van der Waals surface area contributed by atoms with Gasteiger partial charge in [0.25, 0.3) is 0 Å². The molecule has 0 aromatic rings. The molecule has 0 aliphatic carbocycles. The summed E-state index contributed by atoms with van der Waals surface area (Å²) in [4.78, 5) is 16.2. The van der Waals surface area contributed by atoms with Crippen LogP contribution in [0, 0.1) is 0 Å². The van der Waals surface area contributed by atoms with E-state index < -0.39 is 0 Å². The third kappa shape index (κ3) is 40.3. The van der Waals surface area contributed by atoms with Gasteiger partial charge in [-0.05, 0) is 0 Å². The van der Waals surface area contributed by atoms with Crippen molar-refractivity contribution >= 4 is 6.15 Å². The first kappa shape index (κ1) is 8.85. The molecule has 0 bridgehead atoms. The molecule has 0 saturated heterocycles. The summed E-state index contributed by atoms with van der Waals surface area (Å²) in [5, 5.41) is 0. The van der Waals surface area contributed by atoms with E-state index in [0.717, 1.165) is 0 Å². The van der Waals surface area contributed by atoms with Gasteiger partial charge in [-0.1, -0.05) is 0 Å². The maximum Gasteiger partial charge on any atom is 0.373 e. The van der Waals surface area contributed by atoms with Crippen LogP contribution in [0.1, 0.15) is 0 Å². The zero-order chi connectivity index (χ0) is 2.71. The van der Waals surface area contributed by atoms with E-state index in [0.29, 0.717) is 0 Å². The van der Waals surface area contributed by atoms with Crippen LogP contribution in [-0.4, -0.2) is 6.15 Å². The molecule has 2 nitrogen and oxygen atoms in total. The molecule has 0 aromatic heterocycles. The topological polar surface area (TPSA) is 34.1 Å². The van der Waals surface area contributed by atoms with Crippen LogP contribution in [0.15, 0.2) is 0 Å². The van der Waals surface area contributed by atoms with Gasteiger partial charge in [-0.3, -0.25) is 0 Å². The van der Waals surface area contributed by atoms with Crippen LogP contribution in [0.2, 0.25) is 0 Å². The Bertz CT molecular complexity index is 27.0. The molecule has 0 spiro atoms. The molecule has 0 saturated carbocycles. The van der Waals surface area contributed by atoms with E-state index in [1.165, 1.54) is 0 Å². The first-order valence-corrected chi connectivity index (χ1v) is 0.408. The maximum absolute atomic E-state index is 8.12. The zero-order valence-corrected chi connectivity index (χ0v) is 7.52. The van der Waals surface area contributed by atoms with Gasteiger partial charge in [0.05, 0.1) is 0 Å². The first-order valence-electron chi connectivity index (χ1n) is 0.408. The van der Waals surface area contributed by atoms with Crippen LogP contribution in [0.25, 0.3) is 0 Å². The fraction of sp³-hybridized carbons (Fsp3) is 0. The van der Waals surface area contributed by atoms with Crippen molar-refractivity contribution in [1.29, 1.82) is 0 Å². The molecule has 0 amide bonds. The minimum absolute atomic E-state index is 0. The molecule has 18 valence electrons. The SMILES string of the molecule is O=C=O.[Hg]. The van der Waals surface area contributed by atoms with Crippen LogP contribution in [-0.2, 0) is 37.3 Å². The fourth-order valence-electron chi connectivity index (χ4n) is 0. The summed E-state index contributed by atoms with van der Waals surface area (Å²) < 4.78 is 0. The molecule has 0 aromatic carbocycles. The van der Waals surface area contributed by atoms with Crippen molar-refractivity contribution in [2.45, 2.75) is 0 Å². The third-order valence-electron chi connectivity index (χ3n) is 0. The van der Waals surface area contributed by atoms with E-state index >= 15 is 0 Å². The standard InChI is InChI=1S/CO2.Hg/c2-1-3;. The van der Waals surface area contributed by atoms with E-state index in [2.05, 4.69) is 0 Å². The Kier molecular flexibility index (Phi) is 22.7. The first-order chi connectivity index (χ1) is 1.41. The second-order valence-electron chi connectivity index (χ2n) is 0.0833. The van der Waals surface area contributed by atoms with Crippen molar-refractivity contribution < 1.29 is 37.3 Å². The summed E-state index contributed by atoms with van der Waals surface area (Å²) >= 11 is 0. The van der Waals surface area contributed by atoms with Crippen LogP contribution in [0.3, 0.4) is 0 Å². The molecule has 0 fully saturated rings.